The molecular weight excluding hydrogens is 270 g/mol. The van der Waals surface area contributed by atoms with Gasteiger partial charge in [-0.3, -0.25) is 4.21 Å². The summed E-state index contributed by atoms with van der Waals surface area (Å²) < 4.78 is 17.8. The van der Waals surface area contributed by atoms with E-state index >= 15 is 0 Å². The summed E-state index contributed by atoms with van der Waals surface area (Å²) in [6.45, 7) is 8.38. The van der Waals surface area contributed by atoms with Crippen molar-refractivity contribution in [3.05, 3.63) is 29.3 Å². The fraction of sp³-hybridized carbons (Fsp3) is 0.625. The highest BCUT2D eigenvalue weighted by molar-refractivity contribution is 7.84. The predicted molar refractivity (Wildman–Crippen MR) is 86.6 cm³/mol. The molecule has 1 aromatic rings. The van der Waals surface area contributed by atoms with Crippen LogP contribution in [0.15, 0.2) is 18.2 Å². The van der Waals surface area contributed by atoms with Gasteiger partial charge in [-0.05, 0) is 37.6 Å². The van der Waals surface area contributed by atoms with Crippen LogP contribution in [-0.4, -0.2) is 23.6 Å². The van der Waals surface area contributed by atoms with Crippen LogP contribution in [-0.2, 0) is 16.6 Å². The molecule has 3 atom stereocenters. The first-order valence-corrected chi connectivity index (χ1v) is 8.50. The molecule has 0 aliphatic carbocycles. The Morgan fingerprint density at radius 3 is 2.40 bits per heavy atom. The van der Waals surface area contributed by atoms with Gasteiger partial charge in [0.25, 0.3) is 0 Å². The highest BCUT2D eigenvalue weighted by atomic mass is 32.2. The van der Waals surface area contributed by atoms with E-state index in [1.54, 1.807) is 7.11 Å². The van der Waals surface area contributed by atoms with Gasteiger partial charge in [-0.25, -0.2) is 0 Å². The Balaban J connectivity index is 2.99. The molecular formula is C16H27NO2S. The predicted octanol–water partition coefficient (Wildman–Crippen LogP) is 3.27. The van der Waals surface area contributed by atoms with E-state index in [9.17, 15) is 4.21 Å². The first-order valence-electron chi connectivity index (χ1n) is 7.12. The maximum absolute atomic E-state index is 12.4. The van der Waals surface area contributed by atoms with Gasteiger partial charge in [0.15, 0.2) is 0 Å². The maximum Gasteiger partial charge on any atom is 0.123 e. The highest BCUT2D eigenvalue weighted by Crippen LogP contribution is 2.26. The van der Waals surface area contributed by atoms with E-state index in [0.717, 1.165) is 11.3 Å². The Kier molecular flexibility index (Phi) is 6.69. The standard InChI is InChI=1S/C16H27NO2S/c1-11(2)13(4)20(18)10-15-9-14(12(3)17-5)7-8-16(15)19-6/h7-9,11-13,17H,10H2,1-6H3. The molecule has 0 spiro atoms. The minimum Gasteiger partial charge on any atom is -0.496 e. The number of rotatable bonds is 7. The molecule has 1 aromatic carbocycles. The zero-order valence-corrected chi connectivity index (χ0v) is 14.2. The first-order chi connectivity index (χ1) is 9.40. The third kappa shape index (κ3) is 4.32. The van der Waals surface area contributed by atoms with Crippen molar-refractivity contribution in [3.63, 3.8) is 0 Å². The van der Waals surface area contributed by atoms with Crippen LogP contribution in [0.5, 0.6) is 5.75 Å². The van der Waals surface area contributed by atoms with E-state index in [2.05, 4.69) is 38.2 Å². The first kappa shape index (κ1) is 17.2. The summed E-state index contributed by atoms with van der Waals surface area (Å²) in [4.78, 5) is 0. The Hall–Kier alpha value is -0.870. The fourth-order valence-corrected chi connectivity index (χ4v) is 3.34. The number of benzene rings is 1. The summed E-state index contributed by atoms with van der Waals surface area (Å²) in [6, 6.07) is 6.40. The quantitative estimate of drug-likeness (QED) is 0.839. The van der Waals surface area contributed by atoms with Gasteiger partial charge in [0, 0.05) is 27.7 Å². The molecule has 0 bridgehead atoms. The Morgan fingerprint density at radius 2 is 1.90 bits per heavy atom. The number of nitrogens with one attached hydrogen (secondary N) is 1. The van der Waals surface area contributed by atoms with Crippen LogP contribution < -0.4 is 10.1 Å². The summed E-state index contributed by atoms with van der Waals surface area (Å²) in [5.41, 5.74) is 2.22. The van der Waals surface area contributed by atoms with E-state index in [0.29, 0.717) is 11.7 Å². The van der Waals surface area contributed by atoms with E-state index in [-0.39, 0.29) is 11.3 Å². The molecule has 0 saturated heterocycles. The van der Waals surface area contributed by atoms with E-state index < -0.39 is 10.8 Å². The molecule has 1 rings (SSSR count). The van der Waals surface area contributed by atoms with Crippen molar-refractivity contribution in [1.82, 2.24) is 5.32 Å². The SMILES string of the molecule is CNC(C)c1ccc(OC)c(CS(=O)C(C)C(C)C)c1. The average molecular weight is 297 g/mol. The highest BCUT2D eigenvalue weighted by Gasteiger charge is 2.18. The molecule has 0 aromatic heterocycles. The lowest BCUT2D eigenvalue weighted by molar-refractivity contribution is 0.410. The number of ether oxygens (including phenoxy) is 1. The topological polar surface area (TPSA) is 38.3 Å². The van der Waals surface area contributed by atoms with Crippen LogP contribution in [0.4, 0.5) is 0 Å². The van der Waals surface area contributed by atoms with Crippen molar-refractivity contribution in [2.75, 3.05) is 14.2 Å². The molecule has 3 unspecified atom stereocenters. The third-order valence-corrected chi connectivity index (χ3v) is 5.86. The van der Waals surface area contributed by atoms with Crippen LogP contribution in [0.2, 0.25) is 0 Å². The van der Waals surface area contributed by atoms with E-state index in [1.807, 2.05) is 20.0 Å². The molecule has 114 valence electrons. The van der Waals surface area contributed by atoms with Gasteiger partial charge in [-0.15, -0.1) is 0 Å². The van der Waals surface area contributed by atoms with Crippen LogP contribution in [0.1, 0.15) is 44.9 Å². The average Bonchev–Trinajstić information content (AvgIpc) is 2.45. The summed E-state index contributed by atoms with van der Waals surface area (Å²) in [5, 5.41) is 3.41. The van der Waals surface area contributed by atoms with Crippen molar-refractivity contribution in [3.8, 4) is 5.75 Å². The summed E-state index contributed by atoms with van der Waals surface area (Å²) in [7, 11) is 2.72. The second-order valence-electron chi connectivity index (χ2n) is 5.56. The van der Waals surface area contributed by atoms with Gasteiger partial charge in [-0.1, -0.05) is 26.8 Å². The molecule has 0 heterocycles. The summed E-state index contributed by atoms with van der Waals surface area (Å²) >= 11 is 0. The maximum atomic E-state index is 12.4. The van der Waals surface area contributed by atoms with Crippen molar-refractivity contribution in [1.29, 1.82) is 0 Å². The normalized spacial score (nSPS) is 15.9. The molecule has 0 fully saturated rings. The van der Waals surface area contributed by atoms with Gasteiger partial charge >= 0.3 is 0 Å². The lowest BCUT2D eigenvalue weighted by Gasteiger charge is -2.18. The Bertz CT molecular complexity index is 460. The second-order valence-corrected chi connectivity index (χ2v) is 7.35. The number of hydrogen-bond donors (Lipinski definition) is 1. The monoisotopic (exact) mass is 297 g/mol. The molecule has 20 heavy (non-hydrogen) atoms. The molecule has 0 radical (unpaired) electrons. The molecule has 4 heteroatoms. The molecule has 0 aliphatic rings. The lowest BCUT2D eigenvalue weighted by Crippen LogP contribution is -2.19. The zero-order chi connectivity index (χ0) is 15.3. The van der Waals surface area contributed by atoms with Gasteiger partial charge < -0.3 is 10.1 Å². The van der Waals surface area contributed by atoms with Gasteiger partial charge in [0.1, 0.15) is 5.75 Å². The van der Waals surface area contributed by atoms with Gasteiger partial charge in [0.05, 0.1) is 12.9 Å². The second kappa shape index (κ2) is 7.79. The largest absolute Gasteiger partial charge is 0.496 e. The molecule has 0 aliphatic heterocycles. The smallest absolute Gasteiger partial charge is 0.123 e. The van der Waals surface area contributed by atoms with Crippen LogP contribution in [0.25, 0.3) is 0 Å². The van der Waals surface area contributed by atoms with Crippen LogP contribution >= 0.6 is 0 Å². The van der Waals surface area contributed by atoms with Crippen molar-refractivity contribution in [2.45, 2.75) is 44.7 Å². The van der Waals surface area contributed by atoms with Crippen molar-refractivity contribution >= 4 is 10.8 Å². The number of methoxy groups -OCH3 is 1. The zero-order valence-electron chi connectivity index (χ0n) is 13.4. The van der Waals surface area contributed by atoms with E-state index in [1.165, 1.54) is 5.56 Å². The molecule has 0 saturated carbocycles. The Labute approximate surface area is 125 Å². The number of hydrogen-bond acceptors (Lipinski definition) is 3. The van der Waals surface area contributed by atoms with E-state index in [4.69, 9.17) is 4.74 Å². The Morgan fingerprint density at radius 1 is 1.25 bits per heavy atom. The lowest BCUT2D eigenvalue weighted by atomic mass is 10.1. The van der Waals surface area contributed by atoms with Crippen LogP contribution in [0.3, 0.4) is 0 Å². The third-order valence-electron chi connectivity index (χ3n) is 3.89. The minimum absolute atomic E-state index is 0.185. The fourth-order valence-electron chi connectivity index (χ4n) is 1.94. The molecule has 3 nitrogen and oxygen atoms in total. The summed E-state index contributed by atoms with van der Waals surface area (Å²) in [6.07, 6.45) is 0. The van der Waals surface area contributed by atoms with Crippen LogP contribution in [0, 0.1) is 5.92 Å². The molecule has 1 N–H and O–H groups in total. The van der Waals surface area contributed by atoms with Crippen molar-refractivity contribution in [2.24, 2.45) is 5.92 Å². The summed E-state index contributed by atoms with van der Waals surface area (Å²) in [5.74, 6) is 1.79. The van der Waals surface area contributed by atoms with Gasteiger partial charge in [-0.2, -0.15) is 0 Å². The van der Waals surface area contributed by atoms with Crippen molar-refractivity contribution < 1.29 is 8.95 Å². The molecule has 0 amide bonds. The minimum atomic E-state index is -0.882. The van der Waals surface area contributed by atoms with Gasteiger partial charge in [0.2, 0.25) is 0 Å².